The first-order valence-corrected chi connectivity index (χ1v) is 7.60. The fraction of sp³-hybridized carbons (Fsp3) is 0.333. The SMILES string of the molecule is Fc1ccccc1CN[C@@H]1CCCN[C@@H]1c1ccccc1. The summed E-state index contributed by atoms with van der Waals surface area (Å²) in [4.78, 5) is 0. The maximum Gasteiger partial charge on any atom is 0.127 e. The van der Waals surface area contributed by atoms with Crippen LogP contribution in [0, 0.1) is 5.82 Å². The van der Waals surface area contributed by atoms with Gasteiger partial charge in [-0.05, 0) is 31.0 Å². The summed E-state index contributed by atoms with van der Waals surface area (Å²) in [5.41, 5.74) is 2.03. The highest BCUT2D eigenvalue weighted by Gasteiger charge is 2.25. The van der Waals surface area contributed by atoms with Crippen LogP contribution in [0.3, 0.4) is 0 Å². The van der Waals surface area contributed by atoms with Gasteiger partial charge in [0, 0.05) is 24.2 Å². The van der Waals surface area contributed by atoms with Gasteiger partial charge in [0.2, 0.25) is 0 Å². The van der Waals surface area contributed by atoms with E-state index in [4.69, 9.17) is 0 Å². The van der Waals surface area contributed by atoms with Crippen LogP contribution in [0.4, 0.5) is 4.39 Å². The van der Waals surface area contributed by atoms with Crippen LogP contribution in [-0.2, 0) is 6.54 Å². The van der Waals surface area contributed by atoms with Gasteiger partial charge in [0.15, 0.2) is 0 Å². The maximum absolute atomic E-state index is 13.7. The zero-order valence-corrected chi connectivity index (χ0v) is 12.1. The molecule has 0 aliphatic carbocycles. The molecule has 3 rings (SSSR count). The number of rotatable bonds is 4. The molecule has 1 heterocycles. The van der Waals surface area contributed by atoms with E-state index in [1.807, 2.05) is 18.2 Å². The molecule has 1 aliphatic rings. The van der Waals surface area contributed by atoms with Gasteiger partial charge in [-0.15, -0.1) is 0 Å². The van der Waals surface area contributed by atoms with Gasteiger partial charge in [-0.2, -0.15) is 0 Å². The molecule has 2 aromatic carbocycles. The average Bonchev–Trinajstić information content (AvgIpc) is 2.55. The summed E-state index contributed by atoms with van der Waals surface area (Å²) in [6, 6.07) is 18.1. The van der Waals surface area contributed by atoms with Gasteiger partial charge >= 0.3 is 0 Å². The van der Waals surface area contributed by atoms with E-state index in [0.29, 0.717) is 18.6 Å². The number of hydrogen-bond acceptors (Lipinski definition) is 2. The Hall–Kier alpha value is -1.71. The standard InChI is InChI=1S/C18H21FN2/c19-16-10-5-4-9-15(16)13-21-17-11-6-12-20-18(17)14-7-2-1-3-8-14/h1-5,7-10,17-18,20-21H,6,11-13H2/t17-,18-/m1/s1. The third-order valence-corrected chi connectivity index (χ3v) is 4.13. The first kappa shape index (κ1) is 14.2. The molecule has 2 aromatic rings. The molecular weight excluding hydrogens is 263 g/mol. The fourth-order valence-electron chi connectivity index (χ4n) is 3.00. The predicted molar refractivity (Wildman–Crippen MR) is 83.4 cm³/mol. The zero-order valence-electron chi connectivity index (χ0n) is 12.1. The molecule has 0 amide bonds. The highest BCUT2D eigenvalue weighted by molar-refractivity contribution is 5.22. The minimum atomic E-state index is -0.134. The van der Waals surface area contributed by atoms with Crippen molar-refractivity contribution in [1.82, 2.24) is 10.6 Å². The van der Waals surface area contributed by atoms with Crippen LogP contribution < -0.4 is 10.6 Å². The van der Waals surface area contributed by atoms with Crippen molar-refractivity contribution in [2.24, 2.45) is 0 Å². The van der Waals surface area contributed by atoms with Gasteiger partial charge in [0.05, 0.1) is 0 Å². The Morgan fingerprint density at radius 1 is 1.05 bits per heavy atom. The summed E-state index contributed by atoms with van der Waals surface area (Å²) in [6.45, 7) is 1.61. The van der Waals surface area contributed by atoms with Crippen LogP contribution >= 0.6 is 0 Å². The van der Waals surface area contributed by atoms with Gasteiger partial charge in [0.25, 0.3) is 0 Å². The van der Waals surface area contributed by atoms with Crippen LogP contribution in [0.25, 0.3) is 0 Å². The molecule has 21 heavy (non-hydrogen) atoms. The van der Waals surface area contributed by atoms with Crippen molar-refractivity contribution < 1.29 is 4.39 Å². The lowest BCUT2D eigenvalue weighted by Crippen LogP contribution is -2.45. The topological polar surface area (TPSA) is 24.1 Å². The van der Waals surface area contributed by atoms with Crippen LogP contribution in [0.15, 0.2) is 54.6 Å². The van der Waals surface area contributed by atoms with Crippen molar-refractivity contribution in [3.63, 3.8) is 0 Å². The Morgan fingerprint density at radius 2 is 1.81 bits per heavy atom. The summed E-state index contributed by atoms with van der Waals surface area (Å²) >= 11 is 0. The van der Waals surface area contributed by atoms with Gasteiger partial charge in [-0.25, -0.2) is 4.39 Å². The predicted octanol–water partition coefficient (Wildman–Crippen LogP) is 3.41. The molecule has 2 N–H and O–H groups in total. The van der Waals surface area contributed by atoms with Crippen molar-refractivity contribution >= 4 is 0 Å². The van der Waals surface area contributed by atoms with Crippen molar-refractivity contribution in [2.45, 2.75) is 31.5 Å². The second-order valence-electron chi connectivity index (χ2n) is 5.56. The summed E-state index contributed by atoms with van der Waals surface area (Å²) in [5.74, 6) is -0.134. The Labute approximate surface area is 125 Å². The second kappa shape index (κ2) is 6.83. The quantitative estimate of drug-likeness (QED) is 0.899. The van der Waals surface area contributed by atoms with Gasteiger partial charge in [0.1, 0.15) is 5.82 Å². The van der Waals surface area contributed by atoms with Crippen LogP contribution in [0.2, 0.25) is 0 Å². The van der Waals surface area contributed by atoms with Gasteiger partial charge < -0.3 is 10.6 Å². The summed E-state index contributed by atoms with van der Waals surface area (Å²) < 4.78 is 13.7. The average molecular weight is 284 g/mol. The third kappa shape index (κ3) is 3.49. The Kier molecular flexibility index (Phi) is 4.63. The van der Waals surface area contributed by atoms with Gasteiger partial charge in [-0.3, -0.25) is 0 Å². The first-order chi connectivity index (χ1) is 10.3. The molecule has 2 nitrogen and oxygen atoms in total. The van der Waals surface area contributed by atoms with Crippen LogP contribution in [-0.4, -0.2) is 12.6 Å². The lowest BCUT2D eigenvalue weighted by atomic mass is 9.92. The highest BCUT2D eigenvalue weighted by atomic mass is 19.1. The van der Waals surface area contributed by atoms with E-state index in [-0.39, 0.29) is 5.82 Å². The number of halogens is 1. The van der Waals surface area contributed by atoms with Crippen molar-refractivity contribution in [3.05, 3.63) is 71.5 Å². The molecule has 0 aromatic heterocycles. The summed E-state index contributed by atoms with van der Waals surface area (Å²) in [5, 5.41) is 7.10. The second-order valence-corrected chi connectivity index (χ2v) is 5.56. The van der Waals surface area contributed by atoms with E-state index in [1.165, 1.54) is 11.6 Å². The smallest absolute Gasteiger partial charge is 0.127 e. The molecule has 1 saturated heterocycles. The molecule has 3 heteroatoms. The van der Waals surface area contributed by atoms with E-state index in [9.17, 15) is 4.39 Å². The van der Waals surface area contributed by atoms with E-state index in [2.05, 4.69) is 34.9 Å². The molecule has 1 fully saturated rings. The Bertz CT molecular complexity index is 570. The van der Waals surface area contributed by atoms with E-state index in [0.717, 1.165) is 24.9 Å². The number of hydrogen-bond donors (Lipinski definition) is 2. The molecule has 0 spiro atoms. The summed E-state index contributed by atoms with van der Waals surface area (Å²) in [6.07, 6.45) is 2.26. The lowest BCUT2D eigenvalue weighted by Gasteiger charge is -2.34. The van der Waals surface area contributed by atoms with Crippen LogP contribution in [0.1, 0.15) is 30.0 Å². The van der Waals surface area contributed by atoms with E-state index in [1.54, 1.807) is 6.07 Å². The van der Waals surface area contributed by atoms with Crippen molar-refractivity contribution in [1.29, 1.82) is 0 Å². The molecule has 110 valence electrons. The lowest BCUT2D eigenvalue weighted by molar-refractivity contribution is 0.303. The molecule has 0 bridgehead atoms. The minimum absolute atomic E-state index is 0.134. The van der Waals surface area contributed by atoms with E-state index >= 15 is 0 Å². The third-order valence-electron chi connectivity index (χ3n) is 4.13. The first-order valence-electron chi connectivity index (χ1n) is 7.60. The molecule has 1 aliphatic heterocycles. The van der Waals surface area contributed by atoms with Gasteiger partial charge in [-0.1, -0.05) is 48.5 Å². The monoisotopic (exact) mass is 284 g/mol. The molecular formula is C18H21FN2. The minimum Gasteiger partial charge on any atom is -0.309 e. The highest BCUT2D eigenvalue weighted by Crippen LogP contribution is 2.24. The summed E-state index contributed by atoms with van der Waals surface area (Å²) in [7, 11) is 0. The van der Waals surface area contributed by atoms with Crippen molar-refractivity contribution in [2.75, 3.05) is 6.54 Å². The zero-order chi connectivity index (χ0) is 14.5. The van der Waals surface area contributed by atoms with Crippen LogP contribution in [0.5, 0.6) is 0 Å². The molecule has 0 radical (unpaired) electrons. The molecule has 0 unspecified atom stereocenters. The Morgan fingerprint density at radius 3 is 2.62 bits per heavy atom. The number of nitrogens with one attached hydrogen (secondary N) is 2. The number of piperidine rings is 1. The maximum atomic E-state index is 13.7. The largest absolute Gasteiger partial charge is 0.309 e. The van der Waals surface area contributed by atoms with Crippen molar-refractivity contribution in [3.8, 4) is 0 Å². The van der Waals surface area contributed by atoms with E-state index < -0.39 is 0 Å². The Balaban J connectivity index is 1.69. The molecule has 0 saturated carbocycles. The number of benzene rings is 2. The normalized spacial score (nSPS) is 22.1. The molecule has 2 atom stereocenters. The fourth-order valence-corrected chi connectivity index (χ4v) is 3.00.